The minimum Gasteiger partial charge on any atom is -0.507 e. The van der Waals surface area contributed by atoms with Crippen LogP contribution in [0.25, 0.3) is 5.76 Å². The van der Waals surface area contributed by atoms with Crippen LogP contribution < -0.4 is 9.47 Å². The van der Waals surface area contributed by atoms with E-state index < -0.39 is 17.7 Å². The van der Waals surface area contributed by atoms with Gasteiger partial charge in [-0.05, 0) is 54.4 Å². The Bertz CT molecular complexity index is 1480. The normalized spacial score (nSPS) is 16.3. The van der Waals surface area contributed by atoms with E-state index in [4.69, 9.17) is 9.47 Å². The fraction of sp³-hybridized carbons (Fsp3) is 0.156. The smallest absolute Gasteiger partial charge is 0.295 e. The number of aromatic nitrogens is 1. The van der Waals surface area contributed by atoms with E-state index in [1.165, 1.54) is 4.90 Å². The number of aliphatic hydroxyl groups excluding tert-OH is 1. The van der Waals surface area contributed by atoms with Gasteiger partial charge in [-0.1, -0.05) is 54.6 Å². The maximum atomic E-state index is 13.4. The number of nitrogens with zero attached hydrogens (tertiary/aromatic N) is 2. The van der Waals surface area contributed by atoms with Gasteiger partial charge in [-0.2, -0.15) is 0 Å². The number of pyridine rings is 1. The van der Waals surface area contributed by atoms with Crippen LogP contribution in [0.4, 0.5) is 0 Å². The molecule has 5 rings (SSSR count). The molecule has 3 aromatic carbocycles. The first-order valence-corrected chi connectivity index (χ1v) is 12.7. The van der Waals surface area contributed by atoms with Gasteiger partial charge in [0.05, 0.1) is 18.2 Å². The molecule has 2 heterocycles. The summed E-state index contributed by atoms with van der Waals surface area (Å²) in [7, 11) is 0. The van der Waals surface area contributed by atoms with Gasteiger partial charge in [0.15, 0.2) is 0 Å². The number of ether oxygens (including phenoxy) is 2. The van der Waals surface area contributed by atoms with Gasteiger partial charge in [0.25, 0.3) is 11.7 Å². The second-order valence-corrected chi connectivity index (χ2v) is 9.06. The summed E-state index contributed by atoms with van der Waals surface area (Å²) in [5.41, 5.74) is 2.82. The minimum atomic E-state index is -0.845. The number of hydrogen-bond donors (Lipinski definition) is 1. The Morgan fingerprint density at radius 2 is 1.59 bits per heavy atom. The molecule has 0 saturated carbocycles. The Morgan fingerprint density at radius 1 is 0.872 bits per heavy atom. The van der Waals surface area contributed by atoms with Crippen LogP contribution in [0.15, 0.2) is 109 Å². The number of rotatable bonds is 9. The van der Waals surface area contributed by atoms with Gasteiger partial charge in [0.2, 0.25) is 0 Å². The lowest BCUT2D eigenvalue weighted by Gasteiger charge is -2.26. The summed E-state index contributed by atoms with van der Waals surface area (Å²) in [5, 5.41) is 11.4. The maximum absolute atomic E-state index is 13.4. The second kappa shape index (κ2) is 11.6. The van der Waals surface area contributed by atoms with Gasteiger partial charge in [0, 0.05) is 30.1 Å². The predicted octanol–water partition coefficient (Wildman–Crippen LogP) is 5.68. The quantitative estimate of drug-likeness (QED) is 0.174. The number of likely N-dealkylation sites (tertiary alicyclic amines) is 1. The lowest BCUT2D eigenvalue weighted by atomic mass is 9.94. The van der Waals surface area contributed by atoms with Crippen LogP contribution >= 0.6 is 0 Å². The van der Waals surface area contributed by atoms with Crippen molar-refractivity contribution in [1.29, 1.82) is 0 Å². The van der Waals surface area contributed by atoms with Crippen molar-refractivity contribution in [2.75, 3.05) is 6.61 Å². The highest BCUT2D eigenvalue weighted by atomic mass is 16.5. The highest BCUT2D eigenvalue weighted by Gasteiger charge is 2.47. The molecule has 1 aliphatic rings. The van der Waals surface area contributed by atoms with E-state index >= 15 is 0 Å². The lowest BCUT2D eigenvalue weighted by molar-refractivity contribution is -0.140. The van der Waals surface area contributed by atoms with E-state index in [2.05, 4.69) is 4.98 Å². The van der Waals surface area contributed by atoms with E-state index in [0.29, 0.717) is 35.8 Å². The molecule has 1 aromatic heterocycles. The minimum absolute atomic E-state index is 0.00833. The van der Waals surface area contributed by atoms with Crippen molar-refractivity contribution in [3.05, 3.63) is 131 Å². The van der Waals surface area contributed by atoms with Crippen LogP contribution in [0, 0.1) is 0 Å². The van der Waals surface area contributed by atoms with Gasteiger partial charge < -0.3 is 19.5 Å². The van der Waals surface area contributed by atoms with E-state index in [1.54, 1.807) is 48.8 Å². The number of Topliss-reactive ketones (excluding diaryl/α,β-unsaturated/α-hetero) is 1. The Kier molecular flexibility index (Phi) is 7.68. The summed E-state index contributed by atoms with van der Waals surface area (Å²) in [6.07, 6.45) is 3.30. The molecular formula is C32H28N2O5. The summed E-state index contributed by atoms with van der Waals surface area (Å²) in [4.78, 5) is 32.3. The fourth-order valence-corrected chi connectivity index (χ4v) is 4.65. The number of ketones is 1. The zero-order valence-electron chi connectivity index (χ0n) is 21.5. The Morgan fingerprint density at radius 3 is 2.31 bits per heavy atom. The monoisotopic (exact) mass is 520 g/mol. The van der Waals surface area contributed by atoms with Crippen LogP contribution in [0.2, 0.25) is 0 Å². The largest absolute Gasteiger partial charge is 0.507 e. The standard InChI is InChI=1S/C32H28N2O5/c1-2-38-27-13-7-6-12-26(27)29-28(31(36)32(37)34(29)20-23-11-8-18-33-19-23)30(35)24-14-16-25(17-15-24)39-21-22-9-4-3-5-10-22/h3-19,29,35H,2,20-21H2,1H3/b30-28+. The highest BCUT2D eigenvalue weighted by Crippen LogP contribution is 2.43. The van der Waals surface area contributed by atoms with Crippen LogP contribution in [0.3, 0.4) is 0 Å². The molecule has 7 heteroatoms. The topological polar surface area (TPSA) is 89.0 Å². The fourth-order valence-electron chi connectivity index (χ4n) is 4.65. The zero-order chi connectivity index (χ0) is 27.2. The maximum Gasteiger partial charge on any atom is 0.295 e. The van der Waals surface area contributed by atoms with Crippen LogP contribution in [0.1, 0.15) is 35.2 Å². The molecule has 7 nitrogen and oxygen atoms in total. The molecular weight excluding hydrogens is 492 g/mol. The van der Waals surface area contributed by atoms with Crippen molar-refractivity contribution in [1.82, 2.24) is 9.88 Å². The molecule has 39 heavy (non-hydrogen) atoms. The molecule has 1 saturated heterocycles. The number of aliphatic hydroxyl groups is 1. The van der Waals surface area contributed by atoms with Crippen molar-refractivity contribution in [3.63, 3.8) is 0 Å². The molecule has 1 N–H and O–H groups in total. The molecule has 0 aliphatic carbocycles. The molecule has 1 fully saturated rings. The van der Waals surface area contributed by atoms with E-state index in [0.717, 1.165) is 11.1 Å². The third kappa shape index (κ3) is 5.52. The Labute approximate surface area is 227 Å². The number of carbonyl (C=O) groups is 2. The summed E-state index contributed by atoms with van der Waals surface area (Å²) < 4.78 is 11.7. The average Bonchev–Trinajstić information content (AvgIpc) is 3.22. The predicted molar refractivity (Wildman–Crippen MR) is 147 cm³/mol. The van der Waals surface area contributed by atoms with Gasteiger partial charge in [-0.15, -0.1) is 0 Å². The third-order valence-electron chi connectivity index (χ3n) is 6.51. The SMILES string of the molecule is CCOc1ccccc1C1/C(=C(\O)c2ccc(OCc3ccccc3)cc2)C(=O)C(=O)N1Cc1cccnc1. The molecule has 0 spiro atoms. The lowest BCUT2D eigenvalue weighted by Crippen LogP contribution is -2.29. The molecule has 1 atom stereocenters. The highest BCUT2D eigenvalue weighted by molar-refractivity contribution is 6.46. The number of para-hydroxylation sites is 1. The zero-order valence-corrected chi connectivity index (χ0v) is 21.5. The van der Waals surface area contributed by atoms with Crippen LogP contribution in [0.5, 0.6) is 11.5 Å². The molecule has 1 unspecified atom stereocenters. The first kappa shape index (κ1) is 25.7. The summed E-state index contributed by atoms with van der Waals surface area (Å²) in [5.74, 6) is -0.547. The van der Waals surface area contributed by atoms with Crippen molar-refractivity contribution >= 4 is 17.4 Å². The first-order chi connectivity index (χ1) is 19.1. The molecule has 196 valence electrons. The summed E-state index contributed by atoms with van der Waals surface area (Å²) >= 11 is 0. The molecule has 4 aromatic rings. The molecule has 0 radical (unpaired) electrons. The second-order valence-electron chi connectivity index (χ2n) is 9.06. The van der Waals surface area contributed by atoms with Crippen molar-refractivity contribution in [2.45, 2.75) is 26.1 Å². The number of benzene rings is 3. The van der Waals surface area contributed by atoms with Crippen molar-refractivity contribution < 1.29 is 24.2 Å². The van der Waals surface area contributed by atoms with Crippen molar-refractivity contribution in [2.24, 2.45) is 0 Å². The molecule has 1 amide bonds. The van der Waals surface area contributed by atoms with Crippen LogP contribution in [-0.4, -0.2) is 33.3 Å². The number of hydrogen-bond acceptors (Lipinski definition) is 6. The molecule has 1 aliphatic heterocycles. The summed E-state index contributed by atoms with van der Waals surface area (Å²) in [6.45, 7) is 2.82. The number of carbonyl (C=O) groups excluding carboxylic acids is 2. The Hall–Kier alpha value is -4.91. The van der Waals surface area contributed by atoms with Gasteiger partial charge >= 0.3 is 0 Å². The third-order valence-corrected chi connectivity index (χ3v) is 6.51. The average molecular weight is 521 g/mol. The van der Waals surface area contributed by atoms with E-state index in [9.17, 15) is 14.7 Å². The van der Waals surface area contributed by atoms with E-state index in [1.807, 2.05) is 61.5 Å². The van der Waals surface area contributed by atoms with Gasteiger partial charge in [-0.25, -0.2) is 0 Å². The van der Waals surface area contributed by atoms with Gasteiger partial charge in [0.1, 0.15) is 23.9 Å². The number of amides is 1. The molecule has 0 bridgehead atoms. The first-order valence-electron chi connectivity index (χ1n) is 12.7. The Balaban J connectivity index is 1.52. The van der Waals surface area contributed by atoms with Gasteiger partial charge in [-0.3, -0.25) is 14.6 Å². The van der Waals surface area contributed by atoms with Crippen molar-refractivity contribution in [3.8, 4) is 11.5 Å². The van der Waals surface area contributed by atoms with Crippen LogP contribution in [-0.2, 0) is 22.7 Å². The van der Waals surface area contributed by atoms with E-state index in [-0.39, 0.29) is 17.9 Å². The summed E-state index contributed by atoms with van der Waals surface area (Å²) in [6, 6.07) is 26.6.